The van der Waals surface area contributed by atoms with E-state index in [0.717, 1.165) is 24.7 Å². The molecule has 0 aromatic carbocycles. The van der Waals surface area contributed by atoms with E-state index in [4.69, 9.17) is 4.74 Å². The molecule has 0 amide bonds. The number of hydrogen-bond donors (Lipinski definition) is 1. The summed E-state index contributed by atoms with van der Waals surface area (Å²) in [4.78, 5) is 8.48. The molecule has 0 saturated heterocycles. The zero-order chi connectivity index (χ0) is 13.5. The zero-order valence-electron chi connectivity index (χ0n) is 11.3. The molecule has 0 unspecified atom stereocenters. The molecule has 0 fully saturated rings. The molecule has 19 heavy (non-hydrogen) atoms. The normalized spacial score (nSPS) is 11.1. The Hall–Kier alpha value is -1.80. The molecule has 0 aliphatic heterocycles. The van der Waals surface area contributed by atoms with Gasteiger partial charge in [-0.2, -0.15) is 10.2 Å². The molecule has 0 saturated carbocycles. The first-order valence-electron chi connectivity index (χ1n) is 6.28. The number of aryl methyl sites for hydroxylation is 1. The molecule has 0 aliphatic rings. The number of rotatable bonds is 8. The van der Waals surface area contributed by atoms with Gasteiger partial charge in [0.1, 0.15) is 30.8 Å². The molecule has 0 radical (unpaired) electrons. The highest BCUT2D eigenvalue weighted by Gasteiger charge is 2.08. The van der Waals surface area contributed by atoms with Crippen LogP contribution < -0.4 is 5.32 Å². The predicted molar refractivity (Wildman–Crippen MR) is 68.4 cm³/mol. The summed E-state index contributed by atoms with van der Waals surface area (Å²) in [6.07, 6.45) is 3.12. The van der Waals surface area contributed by atoms with Crippen LogP contribution in [-0.4, -0.2) is 49.8 Å². The Kier molecular flexibility index (Phi) is 4.99. The first-order chi connectivity index (χ1) is 9.35. The number of hydrogen-bond acceptors (Lipinski definition) is 6. The first kappa shape index (κ1) is 13.6. The maximum absolute atomic E-state index is 4.98. The molecule has 2 aromatic rings. The molecule has 0 bridgehead atoms. The van der Waals surface area contributed by atoms with E-state index in [-0.39, 0.29) is 0 Å². The lowest BCUT2D eigenvalue weighted by Gasteiger charge is -2.07. The fraction of sp³-hybridized carbons (Fsp3) is 0.636. The van der Waals surface area contributed by atoms with Crippen molar-refractivity contribution < 1.29 is 4.74 Å². The highest BCUT2D eigenvalue weighted by molar-refractivity contribution is 4.91. The Balaban J connectivity index is 1.95. The van der Waals surface area contributed by atoms with Gasteiger partial charge in [0.2, 0.25) is 0 Å². The minimum Gasteiger partial charge on any atom is -0.383 e. The molecule has 0 atom stereocenters. The van der Waals surface area contributed by atoms with E-state index in [1.165, 1.54) is 0 Å². The van der Waals surface area contributed by atoms with Crippen molar-refractivity contribution in [1.29, 1.82) is 0 Å². The van der Waals surface area contributed by atoms with Gasteiger partial charge >= 0.3 is 0 Å². The third-order valence-corrected chi connectivity index (χ3v) is 2.75. The molecule has 8 nitrogen and oxygen atoms in total. The smallest absolute Gasteiger partial charge is 0.148 e. The molecule has 2 aromatic heterocycles. The summed E-state index contributed by atoms with van der Waals surface area (Å²) in [5.41, 5.74) is 0. The van der Waals surface area contributed by atoms with Crippen LogP contribution in [0.4, 0.5) is 0 Å². The van der Waals surface area contributed by atoms with Crippen molar-refractivity contribution in [3.8, 4) is 0 Å². The second-order valence-electron chi connectivity index (χ2n) is 4.00. The molecule has 1 N–H and O–H groups in total. The van der Waals surface area contributed by atoms with Gasteiger partial charge in [0.05, 0.1) is 13.2 Å². The van der Waals surface area contributed by atoms with Crippen LogP contribution in [0.2, 0.25) is 0 Å². The molecular weight excluding hydrogens is 246 g/mol. The summed E-state index contributed by atoms with van der Waals surface area (Å²) < 4.78 is 8.66. The fourth-order valence-corrected chi connectivity index (χ4v) is 1.74. The molecular formula is C11H19N7O. The van der Waals surface area contributed by atoms with Crippen LogP contribution in [0.15, 0.2) is 12.7 Å². The molecule has 104 valence electrons. The Labute approximate surface area is 111 Å². The lowest BCUT2D eigenvalue weighted by Crippen LogP contribution is -2.22. The van der Waals surface area contributed by atoms with E-state index in [1.54, 1.807) is 19.8 Å². The van der Waals surface area contributed by atoms with E-state index >= 15 is 0 Å². The van der Waals surface area contributed by atoms with Crippen LogP contribution >= 0.6 is 0 Å². The highest BCUT2D eigenvalue weighted by Crippen LogP contribution is 2.00. The van der Waals surface area contributed by atoms with E-state index in [0.29, 0.717) is 19.7 Å². The van der Waals surface area contributed by atoms with Gasteiger partial charge in [-0.3, -0.25) is 0 Å². The SMILES string of the molecule is CCn1ncnc1Cn1ncnc1CNCCOC. The Morgan fingerprint density at radius 2 is 1.89 bits per heavy atom. The number of nitrogens with one attached hydrogen (secondary N) is 1. The van der Waals surface area contributed by atoms with Gasteiger partial charge in [-0.15, -0.1) is 0 Å². The zero-order valence-corrected chi connectivity index (χ0v) is 11.3. The van der Waals surface area contributed by atoms with Crippen LogP contribution in [0, 0.1) is 0 Å². The van der Waals surface area contributed by atoms with E-state index < -0.39 is 0 Å². The minimum atomic E-state index is 0.579. The van der Waals surface area contributed by atoms with Gasteiger partial charge in [-0.05, 0) is 6.92 Å². The van der Waals surface area contributed by atoms with Crippen molar-refractivity contribution in [3.63, 3.8) is 0 Å². The third-order valence-electron chi connectivity index (χ3n) is 2.75. The van der Waals surface area contributed by atoms with Crippen molar-refractivity contribution in [2.75, 3.05) is 20.3 Å². The number of aromatic nitrogens is 6. The monoisotopic (exact) mass is 265 g/mol. The van der Waals surface area contributed by atoms with Crippen LogP contribution in [0.3, 0.4) is 0 Å². The van der Waals surface area contributed by atoms with Crippen LogP contribution in [0.25, 0.3) is 0 Å². The molecule has 8 heteroatoms. The summed E-state index contributed by atoms with van der Waals surface area (Å²) in [6.45, 7) is 5.53. The molecule has 0 aliphatic carbocycles. The maximum Gasteiger partial charge on any atom is 0.148 e. The van der Waals surface area contributed by atoms with Crippen molar-refractivity contribution in [3.05, 3.63) is 24.3 Å². The summed E-state index contributed by atoms with van der Waals surface area (Å²) in [7, 11) is 1.68. The lowest BCUT2D eigenvalue weighted by molar-refractivity contribution is 0.198. The van der Waals surface area contributed by atoms with Crippen LogP contribution in [0.1, 0.15) is 18.6 Å². The van der Waals surface area contributed by atoms with Crippen LogP contribution in [-0.2, 0) is 24.4 Å². The standard InChI is InChI=1S/C11H19N7O/c1-3-17-11(14-9-15-17)7-18-10(13-8-16-18)6-12-4-5-19-2/h8-9,12H,3-7H2,1-2H3. The third kappa shape index (κ3) is 3.58. The highest BCUT2D eigenvalue weighted by atomic mass is 16.5. The quantitative estimate of drug-likeness (QED) is 0.658. The number of methoxy groups -OCH3 is 1. The number of ether oxygens (including phenoxy) is 1. The average molecular weight is 265 g/mol. The lowest BCUT2D eigenvalue weighted by atomic mass is 10.5. The summed E-state index contributed by atoms with van der Waals surface area (Å²) >= 11 is 0. The Morgan fingerprint density at radius 3 is 2.63 bits per heavy atom. The fourth-order valence-electron chi connectivity index (χ4n) is 1.74. The first-order valence-corrected chi connectivity index (χ1v) is 6.28. The van der Waals surface area contributed by atoms with Gasteiger partial charge in [0.15, 0.2) is 0 Å². The molecule has 2 heterocycles. The minimum absolute atomic E-state index is 0.579. The second-order valence-corrected chi connectivity index (χ2v) is 4.00. The van der Waals surface area contributed by atoms with E-state index in [2.05, 4.69) is 25.5 Å². The van der Waals surface area contributed by atoms with Gasteiger partial charge < -0.3 is 10.1 Å². The Morgan fingerprint density at radius 1 is 1.16 bits per heavy atom. The summed E-state index contributed by atoms with van der Waals surface area (Å²) in [5, 5.41) is 11.6. The Bertz CT molecular complexity index is 493. The maximum atomic E-state index is 4.98. The topological polar surface area (TPSA) is 82.7 Å². The average Bonchev–Trinajstić information content (AvgIpc) is 3.04. The van der Waals surface area contributed by atoms with Crippen molar-refractivity contribution >= 4 is 0 Å². The predicted octanol–water partition coefficient (Wildman–Crippen LogP) is -0.326. The van der Waals surface area contributed by atoms with Gasteiger partial charge in [-0.1, -0.05) is 0 Å². The van der Waals surface area contributed by atoms with Crippen molar-refractivity contribution in [2.45, 2.75) is 26.6 Å². The van der Waals surface area contributed by atoms with Crippen LogP contribution in [0.5, 0.6) is 0 Å². The summed E-state index contributed by atoms with van der Waals surface area (Å²) in [6, 6.07) is 0. The number of nitrogens with zero attached hydrogens (tertiary/aromatic N) is 6. The summed E-state index contributed by atoms with van der Waals surface area (Å²) in [5.74, 6) is 1.76. The largest absolute Gasteiger partial charge is 0.383 e. The van der Waals surface area contributed by atoms with E-state index in [1.807, 2.05) is 16.3 Å². The molecule has 2 rings (SSSR count). The van der Waals surface area contributed by atoms with Crippen molar-refractivity contribution in [2.24, 2.45) is 0 Å². The van der Waals surface area contributed by atoms with E-state index in [9.17, 15) is 0 Å². The van der Waals surface area contributed by atoms with Gasteiger partial charge in [-0.25, -0.2) is 19.3 Å². The molecule has 0 spiro atoms. The van der Waals surface area contributed by atoms with Crippen molar-refractivity contribution in [1.82, 2.24) is 34.8 Å². The van der Waals surface area contributed by atoms with Gasteiger partial charge in [0, 0.05) is 20.2 Å². The van der Waals surface area contributed by atoms with Gasteiger partial charge in [0.25, 0.3) is 0 Å². The second kappa shape index (κ2) is 6.95.